The molecule has 1 unspecified atom stereocenters. The number of aliphatic hydroxyl groups excluding tert-OH is 1. The summed E-state index contributed by atoms with van der Waals surface area (Å²) >= 11 is 0. The second kappa shape index (κ2) is 27.7. The molecule has 0 bridgehead atoms. The summed E-state index contributed by atoms with van der Waals surface area (Å²) in [6, 6.07) is 39.2. The number of carbonyl (C=O) groups excluding carboxylic acids is 2. The highest BCUT2D eigenvalue weighted by atomic mass is 16.6. The van der Waals surface area contributed by atoms with Gasteiger partial charge in [-0.15, -0.1) is 0 Å². The third-order valence-electron chi connectivity index (χ3n) is 8.57. The minimum absolute atomic E-state index is 0.186. The zero-order valence-electron chi connectivity index (χ0n) is 33.0. The first kappa shape index (κ1) is 44.9. The van der Waals surface area contributed by atoms with E-state index in [0.29, 0.717) is 72.0 Å². The Balaban J connectivity index is 1.14. The number of hydrogen-bond donors (Lipinski definition) is 3. The smallest absolute Gasteiger partial charge is 0.407 e. The summed E-state index contributed by atoms with van der Waals surface area (Å²) in [7, 11) is 0. The van der Waals surface area contributed by atoms with Crippen LogP contribution in [0.4, 0.5) is 9.59 Å². The molecule has 0 aliphatic rings. The average molecular weight is 786 g/mol. The van der Waals surface area contributed by atoms with E-state index in [1.165, 1.54) is 0 Å². The van der Waals surface area contributed by atoms with Crippen LogP contribution in [0, 0.1) is 0 Å². The van der Waals surface area contributed by atoms with Gasteiger partial charge in [0, 0.05) is 19.6 Å². The van der Waals surface area contributed by atoms with Gasteiger partial charge in [0.2, 0.25) is 0 Å². The predicted molar refractivity (Wildman–Crippen MR) is 218 cm³/mol. The number of carbonyl (C=O) groups is 2. The molecule has 0 spiro atoms. The van der Waals surface area contributed by atoms with E-state index in [2.05, 4.69) is 15.5 Å². The Morgan fingerprint density at radius 3 is 1.11 bits per heavy atom. The summed E-state index contributed by atoms with van der Waals surface area (Å²) in [5, 5.41) is 15.8. The monoisotopic (exact) mass is 785 g/mol. The van der Waals surface area contributed by atoms with Crippen LogP contribution in [0.2, 0.25) is 0 Å². The predicted octanol–water partition coefficient (Wildman–Crippen LogP) is 6.51. The molecule has 3 N–H and O–H groups in total. The Kier molecular flexibility index (Phi) is 21.8. The van der Waals surface area contributed by atoms with E-state index >= 15 is 0 Å². The first-order chi connectivity index (χ1) is 27.9. The fraction of sp³-hybridized carbons (Fsp3) is 0.422. The number of amides is 2. The molecule has 0 heterocycles. The molecule has 4 aromatic carbocycles. The summed E-state index contributed by atoms with van der Waals surface area (Å²) in [4.78, 5) is 27.6. The minimum atomic E-state index is -0.595. The number of rotatable bonds is 28. The molecule has 4 aromatic rings. The summed E-state index contributed by atoms with van der Waals surface area (Å²) in [6.07, 6.45) is -1.57. The van der Waals surface area contributed by atoms with E-state index in [-0.39, 0.29) is 26.4 Å². The van der Waals surface area contributed by atoms with Gasteiger partial charge in [-0.3, -0.25) is 0 Å². The van der Waals surface area contributed by atoms with Crippen LogP contribution in [0.3, 0.4) is 0 Å². The Morgan fingerprint density at radius 2 is 0.825 bits per heavy atom. The van der Waals surface area contributed by atoms with Crippen molar-refractivity contribution in [2.24, 2.45) is 0 Å². The first-order valence-corrected chi connectivity index (χ1v) is 19.7. The number of aliphatic hydroxyl groups is 1. The summed E-state index contributed by atoms with van der Waals surface area (Å²) in [6.45, 7) is 6.51. The number of nitrogens with one attached hydrogen (secondary N) is 2. The van der Waals surface area contributed by atoms with Crippen molar-refractivity contribution in [1.29, 1.82) is 0 Å². The number of benzene rings is 4. The molecule has 0 aliphatic carbocycles. The van der Waals surface area contributed by atoms with Crippen LogP contribution in [0.1, 0.15) is 42.0 Å². The standard InChI is InChI=1S/C45H59N3O9/c1-37(49)28-48(26-14-24-46-44(50)56-42(33-52-29-38-16-6-2-7-17-38)34-53-30-39-18-8-3-9-19-39)27-15-25-47-45(51)57-43(35-54-31-40-20-10-4-11-21-40)36-55-32-41-22-12-5-13-23-41/h2-13,16-23,37,42-43,49H,14-15,24-36H2,1H3,(H,46,50)(H,47,51). The van der Waals surface area contributed by atoms with Gasteiger partial charge >= 0.3 is 12.2 Å². The van der Waals surface area contributed by atoms with Crippen molar-refractivity contribution in [3.63, 3.8) is 0 Å². The molecule has 0 aliphatic heterocycles. The fourth-order valence-electron chi connectivity index (χ4n) is 5.80. The molecule has 4 rings (SSSR count). The normalized spacial score (nSPS) is 11.8. The lowest BCUT2D eigenvalue weighted by molar-refractivity contribution is -0.0359. The molecule has 0 aromatic heterocycles. The van der Waals surface area contributed by atoms with Crippen molar-refractivity contribution in [1.82, 2.24) is 15.5 Å². The van der Waals surface area contributed by atoms with Crippen molar-refractivity contribution in [3.05, 3.63) is 144 Å². The van der Waals surface area contributed by atoms with E-state index in [0.717, 1.165) is 22.3 Å². The van der Waals surface area contributed by atoms with Gasteiger partial charge < -0.3 is 49.1 Å². The molecule has 12 nitrogen and oxygen atoms in total. The van der Waals surface area contributed by atoms with Crippen molar-refractivity contribution >= 4 is 12.2 Å². The van der Waals surface area contributed by atoms with Gasteiger partial charge in [-0.2, -0.15) is 0 Å². The highest BCUT2D eigenvalue weighted by Gasteiger charge is 2.18. The van der Waals surface area contributed by atoms with Crippen LogP contribution in [-0.2, 0) is 54.8 Å². The highest BCUT2D eigenvalue weighted by Crippen LogP contribution is 2.08. The Bertz CT molecular complexity index is 1410. The highest BCUT2D eigenvalue weighted by molar-refractivity contribution is 5.67. The third kappa shape index (κ3) is 20.8. The molecule has 2 amide bonds. The summed E-state index contributed by atoms with van der Waals surface area (Å²) in [5.41, 5.74) is 4.10. The van der Waals surface area contributed by atoms with E-state index < -0.39 is 30.5 Å². The van der Waals surface area contributed by atoms with Crippen LogP contribution < -0.4 is 10.6 Å². The molecular formula is C45H59N3O9. The maximum absolute atomic E-state index is 12.8. The van der Waals surface area contributed by atoms with Gasteiger partial charge in [0.1, 0.15) is 0 Å². The van der Waals surface area contributed by atoms with Crippen LogP contribution in [0.25, 0.3) is 0 Å². The Morgan fingerprint density at radius 1 is 0.526 bits per heavy atom. The Labute approximate surface area is 337 Å². The lowest BCUT2D eigenvalue weighted by Crippen LogP contribution is -2.38. The topological polar surface area (TPSA) is 137 Å². The van der Waals surface area contributed by atoms with Crippen molar-refractivity contribution in [3.8, 4) is 0 Å². The Hall–Kier alpha value is -4.82. The fourth-order valence-corrected chi connectivity index (χ4v) is 5.80. The molecule has 0 radical (unpaired) electrons. The first-order valence-electron chi connectivity index (χ1n) is 19.7. The average Bonchev–Trinajstić information content (AvgIpc) is 3.22. The van der Waals surface area contributed by atoms with Gasteiger partial charge in [-0.25, -0.2) is 9.59 Å². The molecule has 12 heteroatoms. The minimum Gasteiger partial charge on any atom is -0.441 e. The second-order valence-electron chi connectivity index (χ2n) is 13.8. The molecular weight excluding hydrogens is 727 g/mol. The third-order valence-corrected chi connectivity index (χ3v) is 8.57. The molecule has 0 saturated heterocycles. The van der Waals surface area contributed by atoms with Crippen LogP contribution in [-0.4, -0.2) is 99.7 Å². The maximum Gasteiger partial charge on any atom is 0.407 e. The van der Waals surface area contributed by atoms with Gasteiger partial charge in [0.05, 0.1) is 59.0 Å². The van der Waals surface area contributed by atoms with E-state index in [1.807, 2.05) is 121 Å². The molecule has 0 saturated carbocycles. The number of alkyl carbamates (subject to hydrolysis) is 2. The van der Waals surface area contributed by atoms with Crippen LogP contribution in [0.5, 0.6) is 0 Å². The van der Waals surface area contributed by atoms with E-state index in [4.69, 9.17) is 28.4 Å². The molecule has 1 atom stereocenters. The maximum atomic E-state index is 12.8. The number of ether oxygens (including phenoxy) is 6. The van der Waals surface area contributed by atoms with Gasteiger partial charge in [-0.1, -0.05) is 121 Å². The van der Waals surface area contributed by atoms with Gasteiger partial charge in [0.15, 0.2) is 12.2 Å². The largest absolute Gasteiger partial charge is 0.441 e. The van der Waals surface area contributed by atoms with Crippen molar-refractivity contribution < 1.29 is 43.1 Å². The van der Waals surface area contributed by atoms with Gasteiger partial charge in [0.25, 0.3) is 0 Å². The lowest BCUT2D eigenvalue weighted by Gasteiger charge is -2.24. The zero-order valence-corrected chi connectivity index (χ0v) is 33.0. The zero-order chi connectivity index (χ0) is 40.2. The van der Waals surface area contributed by atoms with Crippen LogP contribution >= 0.6 is 0 Å². The van der Waals surface area contributed by atoms with Crippen molar-refractivity contribution in [2.45, 2.75) is 64.5 Å². The number of nitrogens with zero attached hydrogens (tertiary/aromatic N) is 1. The van der Waals surface area contributed by atoms with Crippen LogP contribution in [0.15, 0.2) is 121 Å². The van der Waals surface area contributed by atoms with Gasteiger partial charge in [-0.05, 0) is 55.1 Å². The molecule has 308 valence electrons. The molecule has 0 fully saturated rings. The second-order valence-corrected chi connectivity index (χ2v) is 13.8. The lowest BCUT2D eigenvalue weighted by atomic mass is 10.2. The summed E-state index contributed by atoms with van der Waals surface area (Å²) < 4.78 is 34.8. The quantitative estimate of drug-likeness (QED) is 0.0548. The summed E-state index contributed by atoms with van der Waals surface area (Å²) in [5.74, 6) is 0. The number of hydrogen-bond acceptors (Lipinski definition) is 10. The van der Waals surface area contributed by atoms with E-state index in [1.54, 1.807) is 6.92 Å². The molecule has 57 heavy (non-hydrogen) atoms. The van der Waals surface area contributed by atoms with Crippen molar-refractivity contribution in [2.75, 3.05) is 59.2 Å². The van der Waals surface area contributed by atoms with E-state index in [9.17, 15) is 14.7 Å². The SMILES string of the molecule is CC(O)CN(CCCNC(=O)OC(COCc1ccccc1)COCc1ccccc1)CCCNC(=O)OC(COCc1ccccc1)COCc1ccccc1.